The minimum Gasteiger partial charge on any atom is -0.353 e. The third-order valence-electron chi connectivity index (χ3n) is 2.59. The van der Waals surface area contributed by atoms with Gasteiger partial charge in [0.05, 0.1) is 10.7 Å². The summed E-state index contributed by atoms with van der Waals surface area (Å²) < 4.78 is 0. The van der Waals surface area contributed by atoms with Gasteiger partial charge in [-0.3, -0.25) is 9.59 Å². The van der Waals surface area contributed by atoms with E-state index >= 15 is 0 Å². The number of nitrogens with one attached hydrogen (secondary N) is 1. The van der Waals surface area contributed by atoms with Crippen LogP contribution in [0.3, 0.4) is 0 Å². The zero-order valence-corrected chi connectivity index (χ0v) is 12.7. The van der Waals surface area contributed by atoms with Crippen molar-refractivity contribution in [1.82, 2.24) is 5.32 Å². The third kappa shape index (κ3) is 4.87. The van der Waals surface area contributed by atoms with Crippen LogP contribution < -0.4 is 10.2 Å². The number of hydrogen-bond donors (Lipinski definition) is 1. The lowest BCUT2D eigenvalue weighted by Gasteiger charge is -2.22. The first-order chi connectivity index (χ1) is 9.45. The van der Waals surface area contributed by atoms with E-state index in [-0.39, 0.29) is 24.8 Å². The second kappa shape index (κ2) is 7.92. The van der Waals surface area contributed by atoms with E-state index < -0.39 is 0 Å². The molecule has 0 bridgehead atoms. The van der Waals surface area contributed by atoms with Gasteiger partial charge in [0.15, 0.2) is 0 Å². The van der Waals surface area contributed by atoms with Gasteiger partial charge in [-0.15, -0.1) is 6.58 Å². The van der Waals surface area contributed by atoms with Gasteiger partial charge in [0.25, 0.3) is 0 Å². The normalized spacial score (nSPS) is 9.95. The predicted molar refractivity (Wildman–Crippen MR) is 82.3 cm³/mol. The number of nitrogens with zero attached hydrogens (tertiary/aromatic N) is 1. The smallest absolute Gasteiger partial charge is 0.223 e. The van der Waals surface area contributed by atoms with E-state index in [1.165, 1.54) is 11.8 Å². The summed E-state index contributed by atoms with van der Waals surface area (Å²) in [5, 5.41) is 3.54. The topological polar surface area (TPSA) is 49.4 Å². The van der Waals surface area contributed by atoms with Gasteiger partial charge in [0, 0.05) is 31.5 Å². The highest BCUT2D eigenvalue weighted by atomic mass is 35.5. The molecule has 0 saturated carbocycles. The van der Waals surface area contributed by atoms with E-state index in [1.54, 1.807) is 24.3 Å². The molecule has 0 saturated heterocycles. The molecule has 0 aliphatic rings. The minimum atomic E-state index is -0.203. The standard InChI is InChI=1S/C14H16Cl2N2O2/c1-3-7-17-14(20)6-8-18(10(2)19)13-9-11(15)4-5-12(13)16/h3-5,9H,1,6-8H2,2H3,(H,17,20). The molecule has 0 unspecified atom stereocenters. The highest BCUT2D eigenvalue weighted by Gasteiger charge is 2.16. The Labute approximate surface area is 128 Å². The van der Waals surface area contributed by atoms with Crippen molar-refractivity contribution in [2.45, 2.75) is 13.3 Å². The molecule has 0 atom stereocenters. The summed E-state index contributed by atoms with van der Waals surface area (Å²) in [6.45, 7) is 5.56. The summed E-state index contributed by atoms with van der Waals surface area (Å²) >= 11 is 12.0. The maximum absolute atomic E-state index is 11.7. The van der Waals surface area contributed by atoms with E-state index in [4.69, 9.17) is 23.2 Å². The number of amides is 2. The van der Waals surface area contributed by atoms with E-state index in [0.29, 0.717) is 22.3 Å². The predicted octanol–water partition coefficient (Wildman–Crippen LogP) is 3.04. The molecule has 0 heterocycles. The Morgan fingerprint density at radius 2 is 2.10 bits per heavy atom. The Morgan fingerprint density at radius 1 is 1.40 bits per heavy atom. The van der Waals surface area contributed by atoms with Crippen molar-refractivity contribution in [3.05, 3.63) is 40.9 Å². The molecular weight excluding hydrogens is 299 g/mol. The fourth-order valence-electron chi connectivity index (χ4n) is 1.63. The molecule has 2 amide bonds. The lowest BCUT2D eigenvalue weighted by molar-refractivity contribution is -0.120. The van der Waals surface area contributed by atoms with Gasteiger partial charge in [-0.05, 0) is 18.2 Å². The van der Waals surface area contributed by atoms with Gasteiger partial charge in [0.1, 0.15) is 0 Å². The van der Waals surface area contributed by atoms with Gasteiger partial charge in [-0.25, -0.2) is 0 Å². The molecule has 1 aromatic carbocycles. The van der Waals surface area contributed by atoms with Gasteiger partial charge in [-0.2, -0.15) is 0 Å². The fourth-order valence-corrected chi connectivity index (χ4v) is 2.01. The first-order valence-electron chi connectivity index (χ1n) is 6.06. The third-order valence-corrected chi connectivity index (χ3v) is 3.14. The van der Waals surface area contributed by atoms with Crippen molar-refractivity contribution in [3.63, 3.8) is 0 Å². The monoisotopic (exact) mass is 314 g/mol. The molecule has 0 radical (unpaired) electrons. The van der Waals surface area contributed by atoms with Crippen molar-refractivity contribution >= 4 is 40.7 Å². The first-order valence-corrected chi connectivity index (χ1v) is 6.82. The number of hydrogen-bond acceptors (Lipinski definition) is 2. The Morgan fingerprint density at radius 3 is 2.70 bits per heavy atom. The first kappa shape index (κ1) is 16.5. The highest BCUT2D eigenvalue weighted by molar-refractivity contribution is 6.35. The van der Waals surface area contributed by atoms with Crippen molar-refractivity contribution in [3.8, 4) is 0 Å². The maximum Gasteiger partial charge on any atom is 0.223 e. The molecule has 108 valence electrons. The van der Waals surface area contributed by atoms with Gasteiger partial charge in [-0.1, -0.05) is 29.3 Å². The summed E-state index contributed by atoms with van der Waals surface area (Å²) in [6.07, 6.45) is 1.77. The zero-order chi connectivity index (χ0) is 15.1. The summed E-state index contributed by atoms with van der Waals surface area (Å²) in [6, 6.07) is 4.86. The number of benzene rings is 1. The number of halogens is 2. The molecular formula is C14H16Cl2N2O2. The fraction of sp³-hybridized carbons (Fsp3) is 0.286. The van der Waals surface area contributed by atoms with Crippen molar-refractivity contribution < 1.29 is 9.59 Å². The molecule has 6 heteroatoms. The van der Waals surface area contributed by atoms with Gasteiger partial charge >= 0.3 is 0 Å². The van der Waals surface area contributed by atoms with Crippen LogP contribution in [0.15, 0.2) is 30.9 Å². The van der Waals surface area contributed by atoms with Crippen LogP contribution in [0, 0.1) is 0 Å². The molecule has 1 aromatic rings. The SMILES string of the molecule is C=CCNC(=O)CCN(C(C)=O)c1cc(Cl)ccc1Cl. The Hall–Kier alpha value is -1.52. The maximum atomic E-state index is 11.7. The Bertz CT molecular complexity index is 518. The van der Waals surface area contributed by atoms with Crippen molar-refractivity contribution in [2.75, 3.05) is 18.0 Å². The van der Waals surface area contributed by atoms with Crippen LogP contribution in [-0.4, -0.2) is 24.9 Å². The van der Waals surface area contributed by atoms with Crippen molar-refractivity contribution in [2.24, 2.45) is 0 Å². The molecule has 0 aromatic heterocycles. The van der Waals surface area contributed by atoms with Crippen LogP contribution >= 0.6 is 23.2 Å². The molecule has 0 fully saturated rings. The summed E-state index contributed by atoms with van der Waals surface area (Å²) in [5.41, 5.74) is 0.503. The van der Waals surface area contributed by atoms with E-state index in [9.17, 15) is 9.59 Å². The van der Waals surface area contributed by atoms with E-state index in [2.05, 4.69) is 11.9 Å². The lowest BCUT2D eigenvalue weighted by Crippen LogP contribution is -2.34. The zero-order valence-electron chi connectivity index (χ0n) is 11.2. The quantitative estimate of drug-likeness (QED) is 0.820. The molecule has 20 heavy (non-hydrogen) atoms. The van der Waals surface area contributed by atoms with Crippen LogP contribution in [-0.2, 0) is 9.59 Å². The van der Waals surface area contributed by atoms with Crippen LogP contribution in [0.4, 0.5) is 5.69 Å². The molecule has 0 aliphatic heterocycles. The van der Waals surface area contributed by atoms with Crippen molar-refractivity contribution in [1.29, 1.82) is 0 Å². The largest absolute Gasteiger partial charge is 0.353 e. The van der Waals surface area contributed by atoms with Crippen LogP contribution in [0.25, 0.3) is 0 Å². The van der Waals surface area contributed by atoms with Gasteiger partial charge < -0.3 is 10.2 Å². The number of carbonyl (C=O) groups is 2. The molecule has 4 nitrogen and oxygen atoms in total. The number of anilines is 1. The number of carbonyl (C=O) groups excluding carboxylic acids is 2. The summed E-state index contributed by atoms with van der Waals surface area (Å²) in [7, 11) is 0. The summed E-state index contributed by atoms with van der Waals surface area (Å²) in [4.78, 5) is 24.7. The van der Waals surface area contributed by atoms with Crippen LogP contribution in [0.5, 0.6) is 0 Å². The lowest BCUT2D eigenvalue weighted by atomic mass is 10.2. The highest BCUT2D eigenvalue weighted by Crippen LogP contribution is 2.29. The molecule has 1 N–H and O–H groups in total. The minimum absolute atomic E-state index is 0.158. The second-order valence-corrected chi connectivity index (χ2v) is 4.95. The molecule has 0 aliphatic carbocycles. The van der Waals surface area contributed by atoms with E-state index in [1.807, 2.05) is 0 Å². The molecule has 0 spiro atoms. The second-order valence-electron chi connectivity index (χ2n) is 4.11. The summed E-state index contributed by atoms with van der Waals surface area (Å²) in [5.74, 6) is -0.361. The van der Waals surface area contributed by atoms with E-state index in [0.717, 1.165) is 0 Å². The van der Waals surface area contributed by atoms with Crippen LogP contribution in [0.2, 0.25) is 10.0 Å². The van der Waals surface area contributed by atoms with Gasteiger partial charge in [0.2, 0.25) is 11.8 Å². The Kier molecular flexibility index (Phi) is 6.55. The average Bonchev–Trinajstić information content (AvgIpc) is 2.40. The average molecular weight is 315 g/mol. The Balaban J connectivity index is 2.79. The van der Waals surface area contributed by atoms with Crippen LogP contribution in [0.1, 0.15) is 13.3 Å². The molecule has 1 rings (SSSR count). The number of rotatable bonds is 6.